The number of nitrogens with zero attached hydrogens (tertiary/aromatic N) is 1. The van der Waals surface area contributed by atoms with E-state index >= 15 is 0 Å². The molecule has 0 radical (unpaired) electrons. The van der Waals surface area contributed by atoms with E-state index in [4.69, 9.17) is 4.74 Å². The molecule has 0 aromatic heterocycles. The average Bonchev–Trinajstić information content (AvgIpc) is 2.12. The van der Waals surface area contributed by atoms with Crippen molar-refractivity contribution in [2.75, 3.05) is 7.05 Å². The number of hydrogen-bond acceptors (Lipinski definition) is 3. The van der Waals surface area contributed by atoms with Crippen molar-refractivity contribution in [1.82, 2.24) is 4.90 Å². The van der Waals surface area contributed by atoms with Gasteiger partial charge in [-0.25, -0.2) is 4.79 Å². The summed E-state index contributed by atoms with van der Waals surface area (Å²) < 4.78 is 5.28. The van der Waals surface area contributed by atoms with E-state index < -0.39 is 17.2 Å². The number of likely N-dealkylation sites (N-methyl/N-ethyl adjacent to an activating group) is 1. The highest BCUT2D eigenvalue weighted by Gasteiger charge is 2.48. The lowest BCUT2D eigenvalue weighted by Gasteiger charge is -2.46. The number of ether oxygens (including phenoxy) is 1. The fraction of sp³-hybridized carbons (Fsp3) is 0.692. The van der Waals surface area contributed by atoms with Gasteiger partial charge in [-0.15, -0.1) is 0 Å². The Bertz CT molecular complexity index is 337. The SMILES string of the molecule is C=CC(=O)C1(N(C)C(=O)OC(C)(C)C)CCC1. The van der Waals surface area contributed by atoms with Crippen molar-refractivity contribution in [2.45, 2.75) is 51.2 Å². The van der Waals surface area contributed by atoms with Gasteiger partial charge >= 0.3 is 6.09 Å². The standard InChI is InChI=1S/C13H21NO3/c1-6-10(15)13(8-7-9-13)14(5)11(16)17-12(2,3)4/h6H,1,7-9H2,2-5H3. The molecule has 0 aliphatic heterocycles. The van der Waals surface area contributed by atoms with Crippen LogP contribution in [0.4, 0.5) is 4.79 Å². The lowest BCUT2D eigenvalue weighted by atomic mass is 9.72. The van der Waals surface area contributed by atoms with Gasteiger partial charge in [0.1, 0.15) is 11.1 Å². The molecule has 0 unspecified atom stereocenters. The third-order valence-corrected chi connectivity index (χ3v) is 3.13. The molecule has 4 nitrogen and oxygen atoms in total. The Morgan fingerprint density at radius 3 is 2.18 bits per heavy atom. The summed E-state index contributed by atoms with van der Waals surface area (Å²) in [5.41, 5.74) is -1.27. The Balaban J connectivity index is 2.80. The van der Waals surface area contributed by atoms with Gasteiger partial charge in [0.05, 0.1) is 0 Å². The topological polar surface area (TPSA) is 46.6 Å². The minimum Gasteiger partial charge on any atom is -0.444 e. The van der Waals surface area contributed by atoms with E-state index in [0.717, 1.165) is 6.42 Å². The average molecular weight is 239 g/mol. The molecule has 1 fully saturated rings. The highest BCUT2D eigenvalue weighted by Crippen LogP contribution is 2.38. The zero-order valence-corrected chi connectivity index (χ0v) is 11.1. The van der Waals surface area contributed by atoms with Crippen LogP contribution in [-0.4, -0.2) is 35.0 Å². The number of amides is 1. The van der Waals surface area contributed by atoms with Crippen molar-refractivity contribution < 1.29 is 14.3 Å². The number of ketones is 1. The highest BCUT2D eigenvalue weighted by atomic mass is 16.6. The first-order valence-corrected chi connectivity index (χ1v) is 5.86. The smallest absolute Gasteiger partial charge is 0.410 e. The van der Waals surface area contributed by atoms with Crippen molar-refractivity contribution in [2.24, 2.45) is 0 Å². The predicted molar refractivity (Wildman–Crippen MR) is 65.8 cm³/mol. The summed E-state index contributed by atoms with van der Waals surface area (Å²) in [5, 5.41) is 0. The number of rotatable bonds is 3. The van der Waals surface area contributed by atoms with E-state index in [1.165, 1.54) is 11.0 Å². The molecule has 1 saturated carbocycles. The third kappa shape index (κ3) is 2.68. The molecule has 0 bridgehead atoms. The van der Waals surface area contributed by atoms with Gasteiger partial charge in [-0.05, 0) is 46.1 Å². The second-order valence-corrected chi connectivity index (χ2v) is 5.49. The lowest BCUT2D eigenvalue weighted by Crippen LogP contribution is -2.59. The second-order valence-electron chi connectivity index (χ2n) is 5.49. The quantitative estimate of drug-likeness (QED) is 0.711. The molecule has 17 heavy (non-hydrogen) atoms. The summed E-state index contributed by atoms with van der Waals surface area (Å²) in [5.74, 6) is -0.0999. The third-order valence-electron chi connectivity index (χ3n) is 3.13. The summed E-state index contributed by atoms with van der Waals surface area (Å²) in [6, 6.07) is 0. The number of hydrogen-bond donors (Lipinski definition) is 0. The largest absolute Gasteiger partial charge is 0.444 e. The van der Waals surface area contributed by atoms with Crippen LogP contribution in [0.5, 0.6) is 0 Å². The van der Waals surface area contributed by atoms with E-state index in [9.17, 15) is 9.59 Å². The first-order chi connectivity index (χ1) is 7.73. The van der Waals surface area contributed by atoms with Crippen molar-refractivity contribution in [3.63, 3.8) is 0 Å². The summed E-state index contributed by atoms with van der Waals surface area (Å²) in [6.07, 6.45) is 3.17. The normalized spacial score (nSPS) is 17.9. The maximum Gasteiger partial charge on any atom is 0.410 e. The number of carbonyl (C=O) groups excluding carboxylic acids is 2. The molecule has 0 N–H and O–H groups in total. The summed E-state index contributed by atoms with van der Waals surface area (Å²) in [4.78, 5) is 25.2. The predicted octanol–water partition coefficient (Wildman–Crippen LogP) is 2.53. The van der Waals surface area contributed by atoms with Gasteiger partial charge in [0.2, 0.25) is 0 Å². The molecule has 0 atom stereocenters. The lowest BCUT2D eigenvalue weighted by molar-refractivity contribution is -0.130. The van der Waals surface area contributed by atoms with Gasteiger partial charge in [0.25, 0.3) is 0 Å². The molecule has 0 aromatic carbocycles. The zero-order chi connectivity index (χ0) is 13.3. The van der Waals surface area contributed by atoms with Gasteiger partial charge in [0, 0.05) is 7.05 Å². The molecular weight excluding hydrogens is 218 g/mol. The second kappa shape index (κ2) is 4.51. The van der Waals surface area contributed by atoms with E-state index in [-0.39, 0.29) is 5.78 Å². The monoisotopic (exact) mass is 239 g/mol. The van der Waals surface area contributed by atoms with Crippen molar-refractivity contribution in [1.29, 1.82) is 0 Å². The summed E-state index contributed by atoms with van der Waals surface area (Å²) in [6.45, 7) is 8.92. The van der Waals surface area contributed by atoms with Crippen LogP contribution in [0.25, 0.3) is 0 Å². The van der Waals surface area contributed by atoms with Crippen LogP contribution in [0.2, 0.25) is 0 Å². The van der Waals surface area contributed by atoms with Crippen LogP contribution in [0.15, 0.2) is 12.7 Å². The maximum atomic E-state index is 11.9. The molecule has 0 aromatic rings. The van der Waals surface area contributed by atoms with Gasteiger partial charge in [-0.1, -0.05) is 6.58 Å². The van der Waals surface area contributed by atoms with Crippen molar-refractivity contribution >= 4 is 11.9 Å². The minimum atomic E-state index is -0.718. The minimum absolute atomic E-state index is 0.0999. The Kier molecular flexibility index (Phi) is 3.65. The first kappa shape index (κ1) is 13.7. The Labute approximate surface area is 103 Å². The molecule has 0 saturated heterocycles. The molecule has 1 rings (SSSR count). The number of carbonyl (C=O) groups is 2. The van der Waals surface area contributed by atoms with Crippen LogP contribution >= 0.6 is 0 Å². The van der Waals surface area contributed by atoms with E-state index in [1.54, 1.807) is 7.05 Å². The van der Waals surface area contributed by atoms with Gasteiger partial charge in [0.15, 0.2) is 5.78 Å². The molecule has 0 heterocycles. The maximum absolute atomic E-state index is 11.9. The molecule has 1 aliphatic carbocycles. The van der Waals surface area contributed by atoms with Crippen LogP contribution in [0.3, 0.4) is 0 Å². The highest BCUT2D eigenvalue weighted by molar-refractivity contribution is 6.00. The summed E-state index contributed by atoms with van der Waals surface area (Å²) >= 11 is 0. The summed E-state index contributed by atoms with van der Waals surface area (Å²) in [7, 11) is 1.62. The first-order valence-electron chi connectivity index (χ1n) is 5.86. The van der Waals surface area contributed by atoms with Crippen LogP contribution in [0, 0.1) is 0 Å². The van der Waals surface area contributed by atoms with Gasteiger partial charge < -0.3 is 4.74 Å². The molecule has 0 spiro atoms. The fourth-order valence-electron chi connectivity index (χ4n) is 1.95. The molecule has 1 aliphatic rings. The van der Waals surface area contributed by atoms with E-state index in [0.29, 0.717) is 12.8 Å². The van der Waals surface area contributed by atoms with Crippen LogP contribution < -0.4 is 0 Å². The molecule has 1 amide bonds. The fourth-order valence-corrected chi connectivity index (χ4v) is 1.95. The molecule has 4 heteroatoms. The van der Waals surface area contributed by atoms with Crippen LogP contribution in [-0.2, 0) is 9.53 Å². The Morgan fingerprint density at radius 1 is 1.35 bits per heavy atom. The molecule has 96 valence electrons. The van der Waals surface area contributed by atoms with Gasteiger partial charge in [-0.2, -0.15) is 0 Å². The Morgan fingerprint density at radius 2 is 1.88 bits per heavy atom. The molecular formula is C13H21NO3. The Hall–Kier alpha value is -1.32. The zero-order valence-electron chi connectivity index (χ0n) is 11.1. The van der Waals surface area contributed by atoms with Crippen molar-refractivity contribution in [3.8, 4) is 0 Å². The van der Waals surface area contributed by atoms with E-state index in [2.05, 4.69) is 6.58 Å². The van der Waals surface area contributed by atoms with Gasteiger partial charge in [-0.3, -0.25) is 9.69 Å². The van der Waals surface area contributed by atoms with E-state index in [1.807, 2.05) is 20.8 Å². The van der Waals surface area contributed by atoms with Crippen molar-refractivity contribution in [3.05, 3.63) is 12.7 Å². The van der Waals surface area contributed by atoms with Crippen LogP contribution in [0.1, 0.15) is 40.0 Å².